The molecule has 1 saturated heterocycles. The van der Waals surface area contributed by atoms with E-state index in [0.717, 1.165) is 5.56 Å². The van der Waals surface area contributed by atoms with Crippen LogP contribution in [0.3, 0.4) is 0 Å². The molecule has 1 fully saturated rings. The number of nitrogens with zero attached hydrogens (tertiary/aromatic N) is 1. The number of carbonyl (C=O) groups is 3. The second kappa shape index (κ2) is 8.14. The van der Waals surface area contributed by atoms with E-state index >= 15 is 0 Å². The van der Waals surface area contributed by atoms with Gasteiger partial charge in [0.15, 0.2) is 0 Å². The predicted octanol–water partition coefficient (Wildman–Crippen LogP) is 2.61. The van der Waals surface area contributed by atoms with Crippen molar-refractivity contribution in [2.24, 2.45) is 11.8 Å². The van der Waals surface area contributed by atoms with Gasteiger partial charge in [0.1, 0.15) is 0 Å². The number of esters is 1. The number of hydrogen-bond acceptors (Lipinski definition) is 4. The van der Waals surface area contributed by atoms with Crippen molar-refractivity contribution in [3.8, 4) is 0 Å². The minimum Gasteiger partial charge on any atom is -0.465 e. The molecular formula is C19H26N2O4. The number of carbonyl (C=O) groups excluding carboxylic acids is 3. The van der Waals surface area contributed by atoms with E-state index in [0.29, 0.717) is 37.2 Å². The summed E-state index contributed by atoms with van der Waals surface area (Å²) >= 11 is 0. The highest BCUT2D eigenvalue weighted by Gasteiger charge is 2.28. The lowest BCUT2D eigenvalue weighted by molar-refractivity contribution is -0.137. The molecule has 1 aliphatic heterocycles. The highest BCUT2D eigenvalue weighted by molar-refractivity contribution is 5.96. The maximum Gasteiger partial charge on any atom is 0.337 e. The summed E-state index contributed by atoms with van der Waals surface area (Å²) in [6.45, 7) is 6.86. The first-order valence-corrected chi connectivity index (χ1v) is 8.62. The van der Waals surface area contributed by atoms with Crippen molar-refractivity contribution < 1.29 is 19.1 Å². The van der Waals surface area contributed by atoms with Crippen molar-refractivity contribution in [1.29, 1.82) is 0 Å². The van der Waals surface area contributed by atoms with E-state index in [1.807, 2.05) is 25.7 Å². The number of likely N-dealkylation sites (tertiary alicyclic amines) is 1. The number of rotatable bonds is 4. The maximum atomic E-state index is 12.6. The molecule has 0 atom stereocenters. The minimum absolute atomic E-state index is 0.0194. The summed E-state index contributed by atoms with van der Waals surface area (Å²) < 4.78 is 4.72. The van der Waals surface area contributed by atoms with E-state index < -0.39 is 5.97 Å². The van der Waals surface area contributed by atoms with E-state index in [2.05, 4.69) is 5.32 Å². The molecule has 0 spiro atoms. The number of amides is 2. The molecule has 0 saturated carbocycles. The molecule has 1 aromatic carbocycles. The van der Waals surface area contributed by atoms with E-state index in [-0.39, 0.29) is 23.7 Å². The Morgan fingerprint density at radius 2 is 1.84 bits per heavy atom. The fourth-order valence-electron chi connectivity index (χ4n) is 2.96. The molecular weight excluding hydrogens is 320 g/mol. The summed E-state index contributed by atoms with van der Waals surface area (Å²) in [5.41, 5.74) is 1.91. The Morgan fingerprint density at radius 1 is 1.20 bits per heavy atom. The van der Waals surface area contributed by atoms with Crippen LogP contribution in [-0.4, -0.2) is 42.9 Å². The zero-order valence-corrected chi connectivity index (χ0v) is 15.3. The lowest BCUT2D eigenvalue weighted by Crippen LogP contribution is -2.43. The van der Waals surface area contributed by atoms with Crippen LogP contribution in [0, 0.1) is 18.8 Å². The van der Waals surface area contributed by atoms with Crippen LogP contribution in [0.2, 0.25) is 0 Å². The lowest BCUT2D eigenvalue weighted by atomic mass is 9.94. The molecule has 0 unspecified atom stereocenters. The summed E-state index contributed by atoms with van der Waals surface area (Å²) in [4.78, 5) is 38.0. The number of piperidine rings is 1. The first-order valence-electron chi connectivity index (χ1n) is 8.62. The summed E-state index contributed by atoms with van der Waals surface area (Å²) in [5, 5.41) is 2.92. The van der Waals surface area contributed by atoms with Gasteiger partial charge in [-0.2, -0.15) is 0 Å². The average Bonchev–Trinajstić information content (AvgIpc) is 2.62. The topological polar surface area (TPSA) is 75.7 Å². The van der Waals surface area contributed by atoms with Crippen LogP contribution in [0.25, 0.3) is 0 Å². The highest BCUT2D eigenvalue weighted by atomic mass is 16.5. The van der Waals surface area contributed by atoms with E-state index in [9.17, 15) is 14.4 Å². The van der Waals surface area contributed by atoms with Gasteiger partial charge in [-0.15, -0.1) is 0 Å². The normalized spacial score (nSPS) is 15.2. The third kappa shape index (κ3) is 4.59. The van der Waals surface area contributed by atoms with Gasteiger partial charge in [0.25, 0.3) is 0 Å². The fraction of sp³-hybridized carbons (Fsp3) is 0.526. The minimum atomic E-state index is -0.434. The van der Waals surface area contributed by atoms with E-state index in [4.69, 9.17) is 4.74 Å². The first-order chi connectivity index (χ1) is 11.8. The van der Waals surface area contributed by atoms with Crippen molar-refractivity contribution in [2.45, 2.75) is 33.6 Å². The predicted molar refractivity (Wildman–Crippen MR) is 95.3 cm³/mol. The van der Waals surface area contributed by atoms with Crippen molar-refractivity contribution in [3.63, 3.8) is 0 Å². The van der Waals surface area contributed by atoms with Crippen LogP contribution in [0.1, 0.15) is 42.6 Å². The molecule has 1 aliphatic rings. The van der Waals surface area contributed by atoms with Crippen molar-refractivity contribution in [3.05, 3.63) is 29.3 Å². The molecule has 1 aromatic rings. The molecule has 2 rings (SSSR count). The smallest absolute Gasteiger partial charge is 0.337 e. The molecule has 25 heavy (non-hydrogen) atoms. The van der Waals surface area contributed by atoms with Crippen LogP contribution in [-0.2, 0) is 14.3 Å². The van der Waals surface area contributed by atoms with Gasteiger partial charge < -0.3 is 15.0 Å². The SMILES string of the molecule is COC(=O)c1ccc(C)c(NC(=O)C2CCN(C(=O)C(C)C)CC2)c1. The number of methoxy groups -OCH3 is 1. The maximum absolute atomic E-state index is 12.6. The largest absolute Gasteiger partial charge is 0.465 e. The zero-order valence-electron chi connectivity index (χ0n) is 15.3. The van der Waals surface area contributed by atoms with Gasteiger partial charge in [-0.1, -0.05) is 19.9 Å². The molecule has 6 heteroatoms. The summed E-state index contributed by atoms with van der Waals surface area (Å²) in [6.07, 6.45) is 1.31. The van der Waals surface area contributed by atoms with Crippen LogP contribution < -0.4 is 5.32 Å². The van der Waals surface area contributed by atoms with Crippen LogP contribution in [0.5, 0.6) is 0 Å². The third-order valence-electron chi connectivity index (χ3n) is 4.59. The Labute approximate surface area is 148 Å². The standard InChI is InChI=1S/C19H26N2O4/c1-12(2)18(23)21-9-7-14(8-10-21)17(22)20-16-11-15(19(24)25-4)6-5-13(16)3/h5-6,11-12,14H,7-10H2,1-4H3,(H,20,22). The number of benzene rings is 1. The quantitative estimate of drug-likeness (QED) is 0.850. The lowest BCUT2D eigenvalue weighted by Gasteiger charge is -2.32. The molecule has 1 heterocycles. The number of ether oxygens (including phenoxy) is 1. The van der Waals surface area contributed by atoms with Gasteiger partial charge in [-0.25, -0.2) is 4.79 Å². The summed E-state index contributed by atoms with van der Waals surface area (Å²) in [5.74, 6) is -0.510. The van der Waals surface area contributed by atoms with Crippen molar-refractivity contribution >= 4 is 23.5 Å². The Bertz CT molecular complexity index is 661. The third-order valence-corrected chi connectivity index (χ3v) is 4.59. The van der Waals surface area contributed by atoms with E-state index in [1.165, 1.54) is 7.11 Å². The number of anilines is 1. The molecule has 1 N–H and O–H groups in total. The Hall–Kier alpha value is -2.37. The Balaban J connectivity index is 1.99. The van der Waals surface area contributed by atoms with Crippen LogP contribution >= 0.6 is 0 Å². The first kappa shape index (κ1) is 19.0. The second-order valence-corrected chi connectivity index (χ2v) is 6.76. The van der Waals surface area contributed by atoms with Gasteiger partial charge in [-0.3, -0.25) is 9.59 Å². The average molecular weight is 346 g/mol. The Kier molecular flexibility index (Phi) is 6.17. The number of aryl methyl sites for hydroxylation is 1. The van der Waals surface area contributed by atoms with Crippen molar-refractivity contribution in [2.75, 3.05) is 25.5 Å². The van der Waals surface area contributed by atoms with Crippen LogP contribution in [0.15, 0.2) is 18.2 Å². The van der Waals surface area contributed by atoms with Gasteiger partial charge in [0, 0.05) is 30.6 Å². The van der Waals surface area contributed by atoms with Gasteiger partial charge in [-0.05, 0) is 37.5 Å². The zero-order chi connectivity index (χ0) is 18.6. The Morgan fingerprint density at radius 3 is 2.40 bits per heavy atom. The molecule has 0 radical (unpaired) electrons. The van der Waals surface area contributed by atoms with E-state index in [1.54, 1.807) is 18.2 Å². The van der Waals surface area contributed by atoms with Gasteiger partial charge in [0.05, 0.1) is 12.7 Å². The molecule has 6 nitrogen and oxygen atoms in total. The summed E-state index contributed by atoms with van der Waals surface area (Å²) in [7, 11) is 1.33. The number of hydrogen-bond donors (Lipinski definition) is 1. The molecule has 0 bridgehead atoms. The highest BCUT2D eigenvalue weighted by Crippen LogP contribution is 2.23. The number of nitrogens with one attached hydrogen (secondary N) is 1. The molecule has 2 amide bonds. The van der Waals surface area contributed by atoms with Gasteiger partial charge in [0.2, 0.25) is 11.8 Å². The molecule has 0 aliphatic carbocycles. The second-order valence-electron chi connectivity index (χ2n) is 6.76. The fourth-order valence-corrected chi connectivity index (χ4v) is 2.96. The van der Waals surface area contributed by atoms with Gasteiger partial charge >= 0.3 is 5.97 Å². The summed E-state index contributed by atoms with van der Waals surface area (Å²) in [6, 6.07) is 5.09. The molecule has 0 aromatic heterocycles. The molecule has 136 valence electrons. The van der Waals surface area contributed by atoms with Crippen LogP contribution in [0.4, 0.5) is 5.69 Å². The monoisotopic (exact) mass is 346 g/mol. The van der Waals surface area contributed by atoms with Crippen molar-refractivity contribution in [1.82, 2.24) is 4.90 Å².